The Balaban J connectivity index is 2.77. The summed E-state index contributed by atoms with van der Waals surface area (Å²) in [5, 5.41) is 0.175. The van der Waals surface area contributed by atoms with E-state index in [0.29, 0.717) is 12.2 Å². The number of nitrogens with one attached hydrogen (secondary N) is 1. The topological polar surface area (TPSA) is 81.4 Å². The lowest BCUT2D eigenvalue weighted by Crippen LogP contribution is -2.28. The monoisotopic (exact) mass is 306 g/mol. The molecule has 0 spiro atoms. The average Bonchev–Trinajstić information content (AvgIpc) is 2.35. The highest BCUT2D eigenvalue weighted by Crippen LogP contribution is 2.22. The first-order valence-electron chi connectivity index (χ1n) is 5.96. The van der Waals surface area contributed by atoms with Crippen LogP contribution in [0.4, 0.5) is 0 Å². The van der Waals surface area contributed by atoms with Gasteiger partial charge in [0.25, 0.3) is 0 Å². The summed E-state index contributed by atoms with van der Waals surface area (Å²) in [5.74, 6) is 0. The molecule has 0 amide bonds. The number of ether oxygens (including phenoxy) is 1. The summed E-state index contributed by atoms with van der Waals surface area (Å²) in [4.78, 5) is 0.0432. The van der Waals surface area contributed by atoms with E-state index in [0.717, 1.165) is 0 Å². The third-order valence-corrected chi connectivity index (χ3v) is 4.31. The van der Waals surface area contributed by atoms with Gasteiger partial charge in [0.05, 0.1) is 17.7 Å². The van der Waals surface area contributed by atoms with Crippen molar-refractivity contribution < 1.29 is 13.2 Å². The summed E-state index contributed by atoms with van der Waals surface area (Å²) < 4.78 is 31.9. The molecule has 7 heteroatoms. The van der Waals surface area contributed by atoms with Crippen LogP contribution in [0.1, 0.15) is 19.4 Å². The third kappa shape index (κ3) is 5.08. The molecule has 0 heterocycles. The Hall–Kier alpha value is -0.660. The Morgan fingerprint density at radius 3 is 2.68 bits per heavy atom. The van der Waals surface area contributed by atoms with Crippen molar-refractivity contribution in [2.24, 2.45) is 5.73 Å². The highest BCUT2D eigenvalue weighted by molar-refractivity contribution is 7.89. The summed E-state index contributed by atoms with van der Waals surface area (Å²) in [7, 11) is -3.64. The quantitative estimate of drug-likeness (QED) is 0.748. The molecule has 0 atom stereocenters. The largest absolute Gasteiger partial charge is 0.377 e. The van der Waals surface area contributed by atoms with E-state index < -0.39 is 10.0 Å². The van der Waals surface area contributed by atoms with Gasteiger partial charge in [-0.25, -0.2) is 13.1 Å². The lowest BCUT2D eigenvalue weighted by molar-refractivity contribution is 0.0834. The van der Waals surface area contributed by atoms with Crippen LogP contribution < -0.4 is 10.5 Å². The van der Waals surface area contributed by atoms with Crippen LogP contribution in [0.3, 0.4) is 0 Å². The maximum Gasteiger partial charge on any atom is 0.242 e. The summed E-state index contributed by atoms with van der Waals surface area (Å²) in [6.45, 7) is 4.54. The average molecular weight is 307 g/mol. The lowest BCUT2D eigenvalue weighted by Gasteiger charge is -2.11. The second-order valence-corrected chi connectivity index (χ2v) is 6.43. The smallest absolute Gasteiger partial charge is 0.242 e. The predicted octanol–water partition coefficient (Wildman–Crippen LogP) is 1.50. The van der Waals surface area contributed by atoms with E-state index in [-0.39, 0.29) is 29.1 Å². The molecule has 1 aromatic carbocycles. The number of hydrogen-bond donors (Lipinski definition) is 2. The van der Waals surface area contributed by atoms with Crippen LogP contribution in [0.5, 0.6) is 0 Å². The Morgan fingerprint density at radius 1 is 1.42 bits per heavy atom. The molecule has 5 nitrogen and oxygen atoms in total. The Bertz CT molecular complexity index is 518. The van der Waals surface area contributed by atoms with Gasteiger partial charge in [-0.15, -0.1) is 0 Å². The number of hydrogen-bond acceptors (Lipinski definition) is 4. The molecule has 1 rings (SSSR count). The number of benzene rings is 1. The fourth-order valence-electron chi connectivity index (χ4n) is 1.43. The zero-order valence-electron chi connectivity index (χ0n) is 11.0. The van der Waals surface area contributed by atoms with E-state index in [1.807, 2.05) is 13.8 Å². The molecule has 0 unspecified atom stereocenters. The summed E-state index contributed by atoms with van der Waals surface area (Å²) in [6, 6.07) is 4.71. The Kier molecular flexibility index (Phi) is 6.22. The summed E-state index contributed by atoms with van der Waals surface area (Å²) >= 11 is 5.91. The van der Waals surface area contributed by atoms with E-state index in [1.165, 1.54) is 12.1 Å². The minimum Gasteiger partial charge on any atom is -0.377 e. The van der Waals surface area contributed by atoms with Gasteiger partial charge < -0.3 is 10.5 Å². The summed E-state index contributed by atoms with van der Waals surface area (Å²) in [5.41, 5.74) is 6.20. The maximum atomic E-state index is 12.1. The van der Waals surface area contributed by atoms with Gasteiger partial charge in [-0.2, -0.15) is 0 Å². The van der Waals surface area contributed by atoms with E-state index in [1.54, 1.807) is 6.07 Å². The highest BCUT2D eigenvalue weighted by Gasteiger charge is 2.17. The van der Waals surface area contributed by atoms with Gasteiger partial charge >= 0.3 is 0 Å². The van der Waals surface area contributed by atoms with Crippen LogP contribution in [0, 0.1) is 0 Å². The van der Waals surface area contributed by atoms with E-state index in [4.69, 9.17) is 22.1 Å². The van der Waals surface area contributed by atoms with E-state index >= 15 is 0 Å². The zero-order valence-corrected chi connectivity index (χ0v) is 12.6. The maximum absolute atomic E-state index is 12.1. The first-order valence-corrected chi connectivity index (χ1v) is 7.82. The fraction of sp³-hybridized carbons (Fsp3) is 0.500. The second kappa shape index (κ2) is 7.21. The first-order chi connectivity index (χ1) is 8.86. The van der Waals surface area contributed by atoms with Crippen molar-refractivity contribution in [3.63, 3.8) is 0 Å². The Morgan fingerprint density at radius 2 is 2.11 bits per heavy atom. The molecule has 0 saturated heterocycles. The third-order valence-electron chi connectivity index (χ3n) is 2.37. The molecule has 0 aliphatic rings. The van der Waals surface area contributed by atoms with Crippen molar-refractivity contribution in [3.8, 4) is 0 Å². The van der Waals surface area contributed by atoms with Crippen molar-refractivity contribution in [2.45, 2.75) is 31.4 Å². The molecule has 19 heavy (non-hydrogen) atoms. The van der Waals surface area contributed by atoms with Crippen LogP contribution in [0.2, 0.25) is 5.02 Å². The second-order valence-electron chi connectivity index (χ2n) is 4.29. The SMILES string of the molecule is CC(C)OCCNS(=O)(=O)c1cc(CN)ccc1Cl. The minimum absolute atomic E-state index is 0.0432. The van der Waals surface area contributed by atoms with Crippen molar-refractivity contribution in [1.82, 2.24) is 4.72 Å². The van der Waals surface area contributed by atoms with Crippen LogP contribution in [-0.2, 0) is 21.3 Å². The van der Waals surface area contributed by atoms with Crippen LogP contribution >= 0.6 is 11.6 Å². The van der Waals surface area contributed by atoms with Crippen molar-refractivity contribution in [2.75, 3.05) is 13.2 Å². The molecule has 1 aromatic rings. The lowest BCUT2D eigenvalue weighted by atomic mass is 10.2. The molecule has 3 N–H and O–H groups in total. The molecule has 0 aliphatic carbocycles. The van der Waals surface area contributed by atoms with Gasteiger partial charge in [-0.05, 0) is 31.5 Å². The van der Waals surface area contributed by atoms with Crippen LogP contribution in [0.25, 0.3) is 0 Å². The van der Waals surface area contributed by atoms with Crippen molar-refractivity contribution >= 4 is 21.6 Å². The number of sulfonamides is 1. The highest BCUT2D eigenvalue weighted by atomic mass is 35.5. The van der Waals surface area contributed by atoms with Gasteiger partial charge in [-0.3, -0.25) is 0 Å². The zero-order chi connectivity index (χ0) is 14.5. The number of rotatable bonds is 7. The van der Waals surface area contributed by atoms with Crippen LogP contribution in [-0.4, -0.2) is 27.7 Å². The molecule has 0 aliphatic heterocycles. The predicted molar refractivity (Wildman–Crippen MR) is 75.6 cm³/mol. The molecule has 0 bridgehead atoms. The molecular weight excluding hydrogens is 288 g/mol. The molecule has 0 aromatic heterocycles. The first kappa shape index (κ1) is 16.4. The molecule has 108 valence electrons. The Labute approximate surface area is 119 Å². The van der Waals surface area contributed by atoms with Crippen molar-refractivity contribution in [3.05, 3.63) is 28.8 Å². The van der Waals surface area contributed by atoms with Gasteiger partial charge in [-0.1, -0.05) is 17.7 Å². The van der Waals surface area contributed by atoms with Crippen molar-refractivity contribution in [1.29, 1.82) is 0 Å². The van der Waals surface area contributed by atoms with Crippen LogP contribution in [0.15, 0.2) is 23.1 Å². The molecular formula is C12H19ClN2O3S. The molecule has 0 saturated carbocycles. The van der Waals surface area contributed by atoms with E-state index in [9.17, 15) is 8.42 Å². The van der Waals surface area contributed by atoms with Gasteiger partial charge in [0.1, 0.15) is 4.90 Å². The van der Waals surface area contributed by atoms with E-state index in [2.05, 4.69) is 4.72 Å². The minimum atomic E-state index is -3.64. The van der Waals surface area contributed by atoms with Gasteiger partial charge in [0.15, 0.2) is 0 Å². The fourth-order valence-corrected chi connectivity index (χ4v) is 2.99. The molecule has 0 fully saturated rings. The number of halogens is 1. The standard InChI is InChI=1S/C12H19ClN2O3S/c1-9(2)18-6-5-15-19(16,17)12-7-10(8-14)3-4-11(12)13/h3-4,7,9,15H,5-6,8,14H2,1-2H3. The normalized spacial score (nSPS) is 12.1. The van der Waals surface area contributed by atoms with Gasteiger partial charge in [0, 0.05) is 13.1 Å². The molecule has 0 radical (unpaired) electrons. The number of nitrogens with two attached hydrogens (primary N) is 1. The summed E-state index contributed by atoms with van der Waals surface area (Å²) in [6.07, 6.45) is 0.0636. The van der Waals surface area contributed by atoms with Gasteiger partial charge in [0.2, 0.25) is 10.0 Å².